The van der Waals surface area contributed by atoms with Gasteiger partial charge in [-0.05, 0) is 37.0 Å². The van der Waals surface area contributed by atoms with Crippen LogP contribution in [0.1, 0.15) is 45.7 Å². The lowest BCUT2D eigenvalue weighted by Crippen LogP contribution is -2.35. The Morgan fingerprint density at radius 2 is 2.00 bits per heavy atom. The van der Waals surface area contributed by atoms with Gasteiger partial charge in [0.15, 0.2) is 12.3 Å². The Labute approximate surface area is 183 Å². The number of rotatable bonds is 4. The first-order chi connectivity index (χ1) is 15.6. The molecule has 2 aromatic heterocycles. The monoisotopic (exact) mass is 434 g/mol. The van der Waals surface area contributed by atoms with Crippen molar-refractivity contribution in [3.8, 4) is 5.75 Å². The Kier molecular flexibility index (Phi) is 5.18. The van der Waals surface area contributed by atoms with Crippen LogP contribution >= 0.6 is 0 Å². The fourth-order valence-electron chi connectivity index (χ4n) is 4.05. The molecule has 10 nitrogen and oxygen atoms in total. The van der Waals surface area contributed by atoms with E-state index in [0.29, 0.717) is 28.0 Å². The first-order valence-corrected chi connectivity index (χ1v) is 10.6. The molecule has 1 aromatic carbocycles. The van der Waals surface area contributed by atoms with E-state index < -0.39 is 5.91 Å². The van der Waals surface area contributed by atoms with Crippen molar-refractivity contribution in [2.75, 3.05) is 25.0 Å². The molecule has 4 heterocycles. The van der Waals surface area contributed by atoms with E-state index in [4.69, 9.17) is 4.74 Å². The highest BCUT2D eigenvalue weighted by Gasteiger charge is 2.24. The molecule has 3 aromatic rings. The average molecular weight is 434 g/mol. The quantitative estimate of drug-likeness (QED) is 0.575. The highest BCUT2D eigenvalue weighted by atomic mass is 16.5. The van der Waals surface area contributed by atoms with E-state index in [2.05, 4.69) is 25.6 Å². The van der Waals surface area contributed by atoms with Crippen molar-refractivity contribution in [1.82, 2.24) is 25.2 Å². The fourth-order valence-corrected chi connectivity index (χ4v) is 4.05. The van der Waals surface area contributed by atoms with Gasteiger partial charge in [-0.3, -0.25) is 14.4 Å². The number of H-pyrrole nitrogens is 1. The molecule has 0 unspecified atom stereocenters. The normalized spacial score (nSPS) is 15.6. The van der Waals surface area contributed by atoms with E-state index in [1.54, 1.807) is 18.3 Å². The van der Waals surface area contributed by atoms with Crippen molar-refractivity contribution >= 4 is 34.4 Å². The van der Waals surface area contributed by atoms with Gasteiger partial charge in [0.2, 0.25) is 0 Å². The molecular formula is C22H22N6O4. The van der Waals surface area contributed by atoms with Gasteiger partial charge in [0, 0.05) is 25.8 Å². The number of nitrogens with zero attached hydrogens (tertiary/aromatic N) is 3. The molecule has 10 heteroatoms. The second-order valence-corrected chi connectivity index (χ2v) is 7.85. The number of carbonyl (C=O) groups is 3. The summed E-state index contributed by atoms with van der Waals surface area (Å²) in [5.41, 5.74) is 2.85. The van der Waals surface area contributed by atoms with Crippen LogP contribution in [-0.4, -0.2) is 57.3 Å². The lowest BCUT2D eigenvalue weighted by Gasteiger charge is -2.26. The molecule has 3 N–H and O–H groups in total. The molecule has 2 aliphatic heterocycles. The van der Waals surface area contributed by atoms with E-state index in [0.717, 1.165) is 37.9 Å². The maximum Gasteiger partial charge on any atom is 0.272 e. The summed E-state index contributed by atoms with van der Waals surface area (Å²) in [5.74, 6) is -0.105. The Morgan fingerprint density at radius 1 is 1.16 bits per heavy atom. The van der Waals surface area contributed by atoms with Crippen LogP contribution in [0.4, 0.5) is 5.69 Å². The predicted octanol–water partition coefficient (Wildman–Crippen LogP) is 1.84. The number of amides is 3. The summed E-state index contributed by atoms with van der Waals surface area (Å²) in [4.78, 5) is 50.5. The molecule has 164 valence electrons. The number of ether oxygens (including phenoxy) is 1. The maximum atomic E-state index is 12.9. The molecule has 5 rings (SSSR count). The fraction of sp³-hybridized carbons (Fsp3) is 0.318. The van der Waals surface area contributed by atoms with Gasteiger partial charge in [-0.15, -0.1) is 0 Å². The average Bonchev–Trinajstić information content (AvgIpc) is 3.26. The van der Waals surface area contributed by atoms with Crippen molar-refractivity contribution in [2.45, 2.75) is 25.8 Å². The van der Waals surface area contributed by atoms with Crippen LogP contribution in [0, 0.1) is 0 Å². The summed E-state index contributed by atoms with van der Waals surface area (Å²) in [6.45, 7) is 1.69. The molecular weight excluding hydrogens is 412 g/mol. The van der Waals surface area contributed by atoms with Gasteiger partial charge in [-0.1, -0.05) is 6.07 Å². The molecule has 0 saturated carbocycles. The molecule has 0 atom stereocenters. The highest BCUT2D eigenvalue weighted by Crippen LogP contribution is 2.28. The van der Waals surface area contributed by atoms with Gasteiger partial charge in [0.25, 0.3) is 17.7 Å². The standard InChI is InChI=1S/C22H22N6O4/c29-17-11-32-16-5-4-13(8-15(16)27-17)9-24-21(30)20-19-18(25-12-26-20)14(10-23-19)22(31)28-6-2-1-3-7-28/h4-5,8,10,12,23H,1-3,6-7,9,11H2,(H,24,30)(H,27,29). The zero-order valence-electron chi connectivity index (χ0n) is 17.3. The molecule has 0 aliphatic carbocycles. The minimum absolute atomic E-state index is 0.00874. The van der Waals surface area contributed by atoms with Gasteiger partial charge >= 0.3 is 0 Å². The maximum absolute atomic E-state index is 12.9. The Bertz CT molecular complexity index is 1210. The number of likely N-dealkylation sites (tertiary alicyclic amines) is 1. The number of benzene rings is 1. The Hall–Kier alpha value is -3.95. The van der Waals surface area contributed by atoms with E-state index in [1.165, 1.54) is 6.33 Å². The largest absolute Gasteiger partial charge is 0.482 e. The van der Waals surface area contributed by atoms with Crippen LogP contribution in [0.25, 0.3) is 11.0 Å². The number of carbonyl (C=O) groups excluding carboxylic acids is 3. The predicted molar refractivity (Wildman–Crippen MR) is 115 cm³/mol. The molecule has 1 fully saturated rings. The Balaban J connectivity index is 1.33. The van der Waals surface area contributed by atoms with Crippen molar-refractivity contribution in [3.63, 3.8) is 0 Å². The summed E-state index contributed by atoms with van der Waals surface area (Å²) in [7, 11) is 0. The van der Waals surface area contributed by atoms with Gasteiger partial charge < -0.3 is 25.3 Å². The molecule has 0 radical (unpaired) electrons. The van der Waals surface area contributed by atoms with Crippen molar-refractivity contribution in [2.24, 2.45) is 0 Å². The highest BCUT2D eigenvalue weighted by molar-refractivity contribution is 6.10. The van der Waals surface area contributed by atoms with Crippen LogP contribution in [0.2, 0.25) is 0 Å². The third-order valence-electron chi connectivity index (χ3n) is 5.68. The van der Waals surface area contributed by atoms with Gasteiger partial charge in [0.05, 0.1) is 16.8 Å². The summed E-state index contributed by atoms with van der Waals surface area (Å²) < 4.78 is 5.35. The van der Waals surface area contributed by atoms with Gasteiger partial charge in [-0.25, -0.2) is 9.97 Å². The number of piperidine rings is 1. The molecule has 3 amide bonds. The van der Waals surface area contributed by atoms with E-state index in [-0.39, 0.29) is 30.7 Å². The molecule has 0 bridgehead atoms. The van der Waals surface area contributed by atoms with Crippen molar-refractivity contribution in [3.05, 3.63) is 47.5 Å². The third kappa shape index (κ3) is 3.75. The number of nitrogens with one attached hydrogen (secondary N) is 3. The number of fused-ring (bicyclic) bond motifs is 2. The van der Waals surface area contributed by atoms with Crippen LogP contribution in [0.15, 0.2) is 30.7 Å². The SMILES string of the molecule is O=C1COc2ccc(CNC(=O)c3ncnc4c(C(=O)N5CCCCC5)c[nH]c34)cc2N1. The van der Waals surface area contributed by atoms with Crippen LogP contribution < -0.4 is 15.4 Å². The summed E-state index contributed by atoms with van der Waals surface area (Å²) in [6, 6.07) is 5.32. The first-order valence-electron chi connectivity index (χ1n) is 10.6. The zero-order valence-corrected chi connectivity index (χ0v) is 17.3. The number of hydrogen-bond donors (Lipinski definition) is 3. The minimum atomic E-state index is -0.394. The lowest BCUT2D eigenvalue weighted by atomic mass is 10.1. The van der Waals surface area contributed by atoms with E-state index in [9.17, 15) is 14.4 Å². The van der Waals surface area contributed by atoms with Crippen LogP contribution in [-0.2, 0) is 11.3 Å². The second kappa shape index (κ2) is 8.29. The molecule has 1 saturated heterocycles. The third-order valence-corrected chi connectivity index (χ3v) is 5.68. The molecule has 32 heavy (non-hydrogen) atoms. The van der Waals surface area contributed by atoms with Crippen LogP contribution in [0.5, 0.6) is 5.75 Å². The topological polar surface area (TPSA) is 129 Å². The van der Waals surface area contributed by atoms with Gasteiger partial charge in [-0.2, -0.15) is 0 Å². The number of aromatic amines is 1. The summed E-state index contributed by atoms with van der Waals surface area (Å²) in [6.07, 6.45) is 6.02. The van der Waals surface area contributed by atoms with Crippen LogP contribution in [0.3, 0.4) is 0 Å². The van der Waals surface area contributed by atoms with E-state index >= 15 is 0 Å². The van der Waals surface area contributed by atoms with Gasteiger partial charge in [0.1, 0.15) is 17.6 Å². The second-order valence-electron chi connectivity index (χ2n) is 7.85. The zero-order chi connectivity index (χ0) is 22.1. The lowest BCUT2D eigenvalue weighted by molar-refractivity contribution is -0.118. The first kappa shape index (κ1) is 20.0. The molecule has 2 aliphatic rings. The minimum Gasteiger partial charge on any atom is -0.482 e. The van der Waals surface area contributed by atoms with Crippen molar-refractivity contribution in [1.29, 1.82) is 0 Å². The number of aromatic nitrogens is 3. The number of anilines is 1. The Morgan fingerprint density at radius 3 is 2.84 bits per heavy atom. The summed E-state index contributed by atoms with van der Waals surface area (Å²) >= 11 is 0. The van der Waals surface area contributed by atoms with E-state index in [1.807, 2.05) is 11.0 Å². The molecule has 0 spiro atoms. The van der Waals surface area contributed by atoms with Crippen molar-refractivity contribution < 1.29 is 19.1 Å². The number of hydrogen-bond acceptors (Lipinski definition) is 6. The smallest absolute Gasteiger partial charge is 0.272 e. The summed E-state index contributed by atoms with van der Waals surface area (Å²) in [5, 5.41) is 5.58.